The van der Waals surface area contributed by atoms with Gasteiger partial charge in [0.15, 0.2) is 0 Å². The molecule has 18 heavy (non-hydrogen) atoms. The molecular formula is C13H12Cl3NS. The predicted molar refractivity (Wildman–Crippen MR) is 81.3 cm³/mol. The summed E-state index contributed by atoms with van der Waals surface area (Å²) < 4.78 is 0.799. The van der Waals surface area contributed by atoms with E-state index in [1.165, 1.54) is 4.88 Å². The topological polar surface area (TPSA) is 12.0 Å². The van der Waals surface area contributed by atoms with Crippen LogP contribution in [0.15, 0.2) is 30.3 Å². The molecule has 0 fully saturated rings. The lowest BCUT2D eigenvalue weighted by Crippen LogP contribution is -2.17. The Morgan fingerprint density at radius 2 is 1.94 bits per heavy atom. The maximum Gasteiger partial charge on any atom is 0.0931 e. The zero-order chi connectivity index (χ0) is 13.1. The Morgan fingerprint density at radius 1 is 1.17 bits per heavy atom. The van der Waals surface area contributed by atoms with Crippen molar-refractivity contribution in [1.29, 1.82) is 0 Å². The van der Waals surface area contributed by atoms with Gasteiger partial charge in [-0.1, -0.05) is 40.9 Å². The lowest BCUT2D eigenvalue weighted by Gasteiger charge is -2.15. The summed E-state index contributed by atoms with van der Waals surface area (Å²) in [6.07, 6.45) is 0.809. The highest BCUT2D eigenvalue weighted by Crippen LogP contribution is 2.31. The summed E-state index contributed by atoms with van der Waals surface area (Å²) in [6.45, 7) is 0. The molecule has 5 heteroatoms. The Morgan fingerprint density at radius 3 is 2.50 bits per heavy atom. The van der Waals surface area contributed by atoms with Crippen LogP contribution in [0.2, 0.25) is 14.4 Å². The van der Waals surface area contributed by atoms with Crippen molar-refractivity contribution in [1.82, 2.24) is 5.32 Å². The molecule has 2 aromatic rings. The maximum absolute atomic E-state index is 6.19. The van der Waals surface area contributed by atoms with Gasteiger partial charge in [-0.25, -0.2) is 0 Å². The van der Waals surface area contributed by atoms with E-state index >= 15 is 0 Å². The third kappa shape index (κ3) is 3.40. The van der Waals surface area contributed by atoms with Crippen LogP contribution in [0.1, 0.15) is 16.5 Å². The molecule has 1 N–H and O–H groups in total. The lowest BCUT2D eigenvalue weighted by atomic mass is 10.0. The number of likely N-dealkylation sites (N-methyl/N-ethyl adjacent to an activating group) is 1. The van der Waals surface area contributed by atoms with Crippen molar-refractivity contribution in [3.8, 4) is 0 Å². The molecule has 0 saturated heterocycles. The number of hydrogen-bond donors (Lipinski definition) is 1. The van der Waals surface area contributed by atoms with Gasteiger partial charge in [0.2, 0.25) is 0 Å². The van der Waals surface area contributed by atoms with Gasteiger partial charge >= 0.3 is 0 Å². The van der Waals surface area contributed by atoms with E-state index in [1.807, 2.05) is 31.3 Å². The molecule has 0 aliphatic rings. The van der Waals surface area contributed by atoms with Crippen molar-refractivity contribution in [2.45, 2.75) is 12.5 Å². The van der Waals surface area contributed by atoms with Gasteiger partial charge in [0.25, 0.3) is 0 Å². The number of halogens is 3. The van der Waals surface area contributed by atoms with Gasteiger partial charge in [0.1, 0.15) is 0 Å². The fourth-order valence-electron chi connectivity index (χ4n) is 1.77. The average molecular weight is 321 g/mol. The first kappa shape index (κ1) is 14.2. The largest absolute Gasteiger partial charge is 0.312 e. The summed E-state index contributed by atoms with van der Waals surface area (Å²) in [5, 5.41) is 4.64. The van der Waals surface area contributed by atoms with E-state index in [0.29, 0.717) is 10.0 Å². The van der Waals surface area contributed by atoms with Crippen molar-refractivity contribution in [3.63, 3.8) is 0 Å². The Hall–Kier alpha value is -0.250. The van der Waals surface area contributed by atoms with Crippen LogP contribution >= 0.6 is 46.1 Å². The maximum atomic E-state index is 6.19. The molecule has 0 radical (unpaired) electrons. The summed E-state index contributed by atoms with van der Waals surface area (Å²) in [4.78, 5) is 1.20. The highest BCUT2D eigenvalue weighted by molar-refractivity contribution is 7.16. The fourth-order valence-corrected chi connectivity index (χ4v) is 3.42. The smallest absolute Gasteiger partial charge is 0.0931 e. The van der Waals surface area contributed by atoms with Gasteiger partial charge in [-0.3, -0.25) is 0 Å². The minimum absolute atomic E-state index is 0.209. The van der Waals surface area contributed by atoms with Gasteiger partial charge < -0.3 is 5.32 Å². The van der Waals surface area contributed by atoms with Gasteiger partial charge in [-0.15, -0.1) is 11.3 Å². The van der Waals surface area contributed by atoms with E-state index in [9.17, 15) is 0 Å². The molecule has 0 aliphatic carbocycles. The third-order valence-corrected chi connectivity index (χ3v) is 4.66. The first-order chi connectivity index (χ1) is 8.60. The number of rotatable bonds is 4. The third-order valence-electron chi connectivity index (χ3n) is 2.73. The fraction of sp³-hybridized carbons (Fsp3) is 0.231. The Balaban J connectivity index is 2.20. The molecule has 0 aliphatic heterocycles. The first-order valence-corrected chi connectivity index (χ1v) is 7.41. The van der Waals surface area contributed by atoms with Crippen LogP contribution < -0.4 is 5.32 Å². The van der Waals surface area contributed by atoms with Crippen molar-refractivity contribution in [3.05, 3.63) is 55.2 Å². The Bertz CT molecular complexity index is 539. The molecule has 2 rings (SSSR count). The molecule has 0 spiro atoms. The molecule has 1 atom stereocenters. The number of nitrogens with one attached hydrogen (secondary N) is 1. The molecule has 1 unspecified atom stereocenters. The second kappa shape index (κ2) is 6.27. The summed E-state index contributed by atoms with van der Waals surface area (Å²) in [5.74, 6) is 0. The predicted octanol–water partition coefficient (Wildman–Crippen LogP) is 5.21. The first-order valence-electron chi connectivity index (χ1n) is 5.46. The van der Waals surface area contributed by atoms with Crippen LogP contribution in [0.3, 0.4) is 0 Å². The molecule has 0 saturated carbocycles. The van der Waals surface area contributed by atoms with E-state index in [4.69, 9.17) is 34.8 Å². The van der Waals surface area contributed by atoms with E-state index in [-0.39, 0.29) is 6.04 Å². The van der Waals surface area contributed by atoms with Crippen LogP contribution in [0.25, 0.3) is 0 Å². The van der Waals surface area contributed by atoms with Crippen LogP contribution in [0.5, 0.6) is 0 Å². The quantitative estimate of drug-likeness (QED) is 0.815. The van der Waals surface area contributed by atoms with Crippen molar-refractivity contribution < 1.29 is 0 Å². The molecule has 1 aromatic heterocycles. The van der Waals surface area contributed by atoms with Gasteiger partial charge in [-0.05, 0) is 43.3 Å². The zero-order valence-electron chi connectivity index (χ0n) is 9.71. The summed E-state index contributed by atoms with van der Waals surface area (Å²) >= 11 is 19.6. The van der Waals surface area contributed by atoms with Crippen LogP contribution in [-0.2, 0) is 6.42 Å². The average Bonchev–Trinajstić information content (AvgIpc) is 2.75. The highest BCUT2D eigenvalue weighted by atomic mass is 35.5. The molecule has 96 valence electrons. The van der Waals surface area contributed by atoms with Crippen LogP contribution in [-0.4, -0.2) is 7.05 Å². The second-order valence-electron chi connectivity index (χ2n) is 3.92. The number of hydrogen-bond acceptors (Lipinski definition) is 2. The minimum Gasteiger partial charge on any atom is -0.312 e. The van der Waals surface area contributed by atoms with Crippen LogP contribution in [0, 0.1) is 0 Å². The van der Waals surface area contributed by atoms with Crippen LogP contribution in [0.4, 0.5) is 0 Å². The molecule has 1 aromatic carbocycles. The summed E-state index contributed by atoms with van der Waals surface area (Å²) in [5.41, 5.74) is 1.07. The summed E-state index contributed by atoms with van der Waals surface area (Å²) in [6, 6.07) is 9.75. The Kier molecular flexibility index (Phi) is 4.93. The standard InChI is InChI=1S/C13H12Cl3NS/c1-17-11(12-4-5-13(16)18-12)6-8-2-3-9(14)7-10(8)15/h2-5,7,11,17H,6H2,1H3. The van der Waals surface area contributed by atoms with E-state index in [0.717, 1.165) is 16.3 Å². The summed E-state index contributed by atoms with van der Waals surface area (Å²) in [7, 11) is 1.93. The van der Waals surface area contributed by atoms with E-state index in [2.05, 4.69) is 5.32 Å². The van der Waals surface area contributed by atoms with Crippen molar-refractivity contribution in [2.24, 2.45) is 0 Å². The normalized spacial score (nSPS) is 12.7. The lowest BCUT2D eigenvalue weighted by molar-refractivity contribution is 0.602. The van der Waals surface area contributed by atoms with Crippen molar-refractivity contribution >= 4 is 46.1 Å². The van der Waals surface area contributed by atoms with Gasteiger partial charge in [0, 0.05) is 21.0 Å². The van der Waals surface area contributed by atoms with E-state index in [1.54, 1.807) is 17.4 Å². The number of benzene rings is 1. The molecular weight excluding hydrogens is 309 g/mol. The SMILES string of the molecule is CNC(Cc1ccc(Cl)cc1Cl)c1ccc(Cl)s1. The van der Waals surface area contributed by atoms with Gasteiger partial charge in [0.05, 0.1) is 4.34 Å². The number of thiophene rings is 1. The second-order valence-corrected chi connectivity index (χ2v) is 6.51. The molecule has 0 bridgehead atoms. The highest BCUT2D eigenvalue weighted by Gasteiger charge is 2.14. The monoisotopic (exact) mass is 319 g/mol. The molecule has 1 nitrogen and oxygen atoms in total. The van der Waals surface area contributed by atoms with E-state index < -0.39 is 0 Å². The molecule has 1 heterocycles. The zero-order valence-corrected chi connectivity index (χ0v) is 12.8. The van der Waals surface area contributed by atoms with Gasteiger partial charge in [-0.2, -0.15) is 0 Å². The minimum atomic E-state index is 0.209. The Labute approximate surface area is 126 Å². The van der Waals surface area contributed by atoms with Crippen molar-refractivity contribution in [2.75, 3.05) is 7.05 Å². The molecule has 0 amide bonds.